The second-order valence-electron chi connectivity index (χ2n) is 2.36. The van der Waals surface area contributed by atoms with E-state index in [9.17, 15) is 0 Å². The van der Waals surface area contributed by atoms with E-state index >= 15 is 0 Å². The summed E-state index contributed by atoms with van der Waals surface area (Å²) in [6, 6.07) is 0. The molecule has 0 spiro atoms. The van der Waals surface area contributed by atoms with Gasteiger partial charge >= 0.3 is 0 Å². The third-order valence-corrected chi connectivity index (χ3v) is 1.79. The molecule has 0 bridgehead atoms. The van der Waals surface area contributed by atoms with Crippen molar-refractivity contribution in [1.82, 2.24) is 0 Å². The van der Waals surface area contributed by atoms with Crippen LogP contribution in [0.3, 0.4) is 0 Å². The summed E-state index contributed by atoms with van der Waals surface area (Å²) in [5.41, 5.74) is 1.38. The SMILES string of the molecule is CC(=CCCBr)CCCO. The van der Waals surface area contributed by atoms with Crippen molar-refractivity contribution in [2.75, 3.05) is 11.9 Å². The van der Waals surface area contributed by atoms with Crippen molar-refractivity contribution in [2.24, 2.45) is 0 Å². The lowest BCUT2D eigenvalue weighted by Gasteiger charge is -1.96. The van der Waals surface area contributed by atoms with E-state index in [1.54, 1.807) is 0 Å². The van der Waals surface area contributed by atoms with Crippen molar-refractivity contribution in [3.63, 3.8) is 0 Å². The van der Waals surface area contributed by atoms with Crippen molar-refractivity contribution < 1.29 is 5.11 Å². The average molecular weight is 207 g/mol. The highest BCUT2D eigenvalue weighted by atomic mass is 79.9. The predicted octanol–water partition coefficient (Wildman–Crippen LogP) is 2.49. The molecule has 10 heavy (non-hydrogen) atoms. The summed E-state index contributed by atoms with van der Waals surface area (Å²) in [4.78, 5) is 0. The molecule has 0 radical (unpaired) electrons. The maximum absolute atomic E-state index is 8.50. The number of hydrogen-bond donors (Lipinski definition) is 1. The Morgan fingerprint density at radius 2 is 2.30 bits per heavy atom. The van der Waals surface area contributed by atoms with Gasteiger partial charge in [0.05, 0.1) is 0 Å². The average Bonchev–Trinajstić information content (AvgIpc) is 1.97. The maximum Gasteiger partial charge on any atom is 0.0434 e. The Bertz CT molecular complexity index is 99.4. The Morgan fingerprint density at radius 1 is 1.60 bits per heavy atom. The van der Waals surface area contributed by atoms with E-state index in [-0.39, 0.29) is 0 Å². The summed E-state index contributed by atoms with van der Waals surface area (Å²) in [7, 11) is 0. The van der Waals surface area contributed by atoms with Gasteiger partial charge in [-0.2, -0.15) is 0 Å². The van der Waals surface area contributed by atoms with Gasteiger partial charge in [-0.25, -0.2) is 0 Å². The van der Waals surface area contributed by atoms with Gasteiger partial charge in [-0.15, -0.1) is 0 Å². The topological polar surface area (TPSA) is 20.2 Å². The highest BCUT2D eigenvalue weighted by Crippen LogP contribution is 2.04. The van der Waals surface area contributed by atoms with Gasteiger partial charge in [-0.3, -0.25) is 0 Å². The first-order valence-corrected chi connectivity index (χ1v) is 4.76. The molecule has 0 aliphatic rings. The molecule has 60 valence electrons. The van der Waals surface area contributed by atoms with Crippen LogP contribution in [-0.2, 0) is 0 Å². The van der Waals surface area contributed by atoms with Crippen molar-refractivity contribution in [1.29, 1.82) is 0 Å². The fourth-order valence-corrected chi connectivity index (χ4v) is 0.990. The number of hydrogen-bond acceptors (Lipinski definition) is 1. The monoisotopic (exact) mass is 206 g/mol. The van der Waals surface area contributed by atoms with Gasteiger partial charge < -0.3 is 5.11 Å². The fraction of sp³-hybridized carbons (Fsp3) is 0.750. The molecule has 0 amide bonds. The lowest BCUT2D eigenvalue weighted by Crippen LogP contribution is -1.84. The van der Waals surface area contributed by atoms with Gasteiger partial charge in [0, 0.05) is 11.9 Å². The molecule has 0 heterocycles. The summed E-state index contributed by atoms with van der Waals surface area (Å²) < 4.78 is 0. The van der Waals surface area contributed by atoms with E-state index in [2.05, 4.69) is 28.9 Å². The molecule has 0 fully saturated rings. The smallest absolute Gasteiger partial charge is 0.0434 e. The maximum atomic E-state index is 8.50. The summed E-state index contributed by atoms with van der Waals surface area (Å²) in [5, 5.41) is 9.54. The van der Waals surface area contributed by atoms with Gasteiger partial charge in [0.15, 0.2) is 0 Å². The molecule has 0 rings (SSSR count). The molecule has 0 saturated heterocycles. The van der Waals surface area contributed by atoms with E-state index in [0.29, 0.717) is 6.61 Å². The van der Waals surface area contributed by atoms with Crippen LogP contribution in [0.2, 0.25) is 0 Å². The Balaban J connectivity index is 3.30. The van der Waals surface area contributed by atoms with Crippen molar-refractivity contribution in [3.05, 3.63) is 11.6 Å². The number of aliphatic hydroxyl groups is 1. The summed E-state index contributed by atoms with van der Waals surface area (Å²) in [5.74, 6) is 0. The molecule has 0 aromatic rings. The molecule has 0 saturated carbocycles. The Labute approximate surface area is 71.3 Å². The van der Waals surface area contributed by atoms with Crippen LogP contribution in [0.15, 0.2) is 11.6 Å². The minimum absolute atomic E-state index is 0.305. The number of rotatable bonds is 5. The predicted molar refractivity (Wildman–Crippen MR) is 48.5 cm³/mol. The van der Waals surface area contributed by atoms with Gasteiger partial charge in [0.25, 0.3) is 0 Å². The molecule has 1 nitrogen and oxygen atoms in total. The largest absolute Gasteiger partial charge is 0.396 e. The van der Waals surface area contributed by atoms with Crippen LogP contribution >= 0.6 is 15.9 Å². The Kier molecular flexibility index (Phi) is 7.42. The number of halogens is 1. The van der Waals surface area contributed by atoms with E-state index in [1.807, 2.05) is 0 Å². The van der Waals surface area contributed by atoms with Crippen LogP contribution < -0.4 is 0 Å². The summed E-state index contributed by atoms with van der Waals surface area (Å²) in [6.07, 6.45) is 5.23. The summed E-state index contributed by atoms with van der Waals surface area (Å²) >= 11 is 3.35. The van der Waals surface area contributed by atoms with Crippen molar-refractivity contribution >= 4 is 15.9 Å². The lowest BCUT2D eigenvalue weighted by molar-refractivity contribution is 0.288. The number of aliphatic hydroxyl groups excluding tert-OH is 1. The molecular weight excluding hydrogens is 192 g/mol. The van der Waals surface area contributed by atoms with E-state index in [0.717, 1.165) is 24.6 Å². The molecule has 0 atom stereocenters. The minimum Gasteiger partial charge on any atom is -0.396 e. The second kappa shape index (κ2) is 7.29. The Morgan fingerprint density at radius 3 is 2.80 bits per heavy atom. The van der Waals surface area contributed by atoms with Crippen LogP contribution in [0.1, 0.15) is 26.2 Å². The molecule has 0 aromatic heterocycles. The highest BCUT2D eigenvalue weighted by Gasteiger charge is 1.87. The quantitative estimate of drug-likeness (QED) is 0.542. The summed E-state index contributed by atoms with van der Waals surface area (Å²) in [6.45, 7) is 2.41. The first kappa shape index (κ1) is 10.2. The zero-order valence-electron chi connectivity index (χ0n) is 6.44. The van der Waals surface area contributed by atoms with Crippen molar-refractivity contribution in [3.8, 4) is 0 Å². The fourth-order valence-electron chi connectivity index (χ4n) is 0.761. The molecule has 0 unspecified atom stereocenters. The second-order valence-corrected chi connectivity index (χ2v) is 3.15. The molecular formula is C8H15BrO. The first-order chi connectivity index (χ1) is 4.81. The molecule has 0 aromatic carbocycles. The van der Waals surface area contributed by atoms with Crippen LogP contribution in [0.4, 0.5) is 0 Å². The minimum atomic E-state index is 0.305. The van der Waals surface area contributed by atoms with Crippen LogP contribution in [0, 0.1) is 0 Å². The number of alkyl halides is 1. The zero-order valence-corrected chi connectivity index (χ0v) is 8.02. The first-order valence-electron chi connectivity index (χ1n) is 3.63. The zero-order chi connectivity index (χ0) is 7.82. The van der Waals surface area contributed by atoms with Gasteiger partial charge in [-0.1, -0.05) is 27.6 Å². The van der Waals surface area contributed by atoms with E-state index < -0.39 is 0 Å². The molecule has 2 heteroatoms. The lowest BCUT2D eigenvalue weighted by atomic mass is 10.1. The number of allylic oxidation sites excluding steroid dienone is 2. The molecule has 0 aliphatic heterocycles. The highest BCUT2D eigenvalue weighted by molar-refractivity contribution is 9.09. The van der Waals surface area contributed by atoms with Crippen LogP contribution in [0.5, 0.6) is 0 Å². The van der Waals surface area contributed by atoms with E-state index in [1.165, 1.54) is 5.57 Å². The Hall–Kier alpha value is 0.180. The third kappa shape index (κ3) is 6.30. The van der Waals surface area contributed by atoms with Gasteiger partial charge in [-0.05, 0) is 26.2 Å². The normalized spacial score (nSPS) is 12.1. The third-order valence-electron chi connectivity index (χ3n) is 1.33. The standard InChI is InChI=1S/C8H15BrO/c1-8(4-2-6-9)5-3-7-10/h4,10H,2-3,5-7H2,1H3. The van der Waals surface area contributed by atoms with Gasteiger partial charge in [0.2, 0.25) is 0 Å². The van der Waals surface area contributed by atoms with E-state index in [4.69, 9.17) is 5.11 Å². The molecule has 0 aliphatic carbocycles. The van der Waals surface area contributed by atoms with Crippen LogP contribution in [0.25, 0.3) is 0 Å². The van der Waals surface area contributed by atoms with Crippen molar-refractivity contribution in [2.45, 2.75) is 26.2 Å². The molecule has 1 N–H and O–H groups in total. The van der Waals surface area contributed by atoms with Crippen LogP contribution in [-0.4, -0.2) is 17.0 Å². The van der Waals surface area contributed by atoms with Gasteiger partial charge in [0.1, 0.15) is 0 Å².